The molecule has 3 aromatic rings. The molecule has 0 atom stereocenters. The number of aromatic nitrogens is 2. The first-order valence-electron chi connectivity index (χ1n) is 11.2. The van der Waals surface area contributed by atoms with E-state index < -0.39 is 11.6 Å². The molecule has 9 heteroatoms. The molecule has 4 rings (SSSR count). The van der Waals surface area contributed by atoms with Gasteiger partial charge < -0.3 is 24.0 Å². The third-order valence-electron chi connectivity index (χ3n) is 6.03. The highest BCUT2D eigenvalue weighted by atomic mass is 19.1. The Labute approximate surface area is 196 Å². The summed E-state index contributed by atoms with van der Waals surface area (Å²) in [5, 5.41) is 10.1. The zero-order valence-corrected chi connectivity index (χ0v) is 19.3. The van der Waals surface area contributed by atoms with E-state index in [9.17, 15) is 14.0 Å². The SMILES string of the molecule is CC(C)(OCCOCC(=O)N1CCc2c(n(Cc3cccc(F)c3)c3ncccc23)C1)C(=O)O. The first kappa shape index (κ1) is 23.8. The van der Waals surface area contributed by atoms with Gasteiger partial charge in [-0.05, 0) is 55.7 Å². The number of amides is 1. The highest BCUT2D eigenvalue weighted by Gasteiger charge is 2.29. The molecular weight excluding hydrogens is 441 g/mol. The predicted octanol–water partition coefficient (Wildman–Crippen LogP) is 3.00. The number of fused-ring (bicyclic) bond motifs is 3. The van der Waals surface area contributed by atoms with E-state index >= 15 is 0 Å². The fourth-order valence-corrected chi connectivity index (χ4v) is 4.13. The van der Waals surface area contributed by atoms with Crippen molar-refractivity contribution in [3.05, 3.63) is 65.2 Å². The normalized spacial score (nSPS) is 13.8. The van der Waals surface area contributed by atoms with Gasteiger partial charge in [0.05, 0.1) is 19.8 Å². The Balaban J connectivity index is 1.44. The molecule has 0 aliphatic carbocycles. The van der Waals surface area contributed by atoms with Crippen molar-refractivity contribution < 1.29 is 28.6 Å². The number of hydrogen-bond acceptors (Lipinski definition) is 5. The number of carboxylic acid groups (broad SMARTS) is 1. The summed E-state index contributed by atoms with van der Waals surface area (Å²) in [6.07, 6.45) is 2.43. The van der Waals surface area contributed by atoms with E-state index in [0.717, 1.165) is 27.9 Å². The van der Waals surface area contributed by atoms with Crippen LogP contribution in [0.3, 0.4) is 0 Å². The summed E-state index contributed by atoms with van der Waals surface area (Å²) in [5.74, 6) is -1.50. The van der Waals surface area contributed by atoms with Gasteiger partial charge in [-0.3, -0.25) is 4.79 Å². The molecule has 1 N–H and O–H groups in total. The molecule has 0 saturated carbocycles. The molecule has 0 radical (unpaired) electrons. The molecule has 2 aromatic heterocycles. The molecule has 1 aromatic carbocycles. The number of nitrogens with zero attached hydrogens (tertiary/aromatic N) is 3. The van der Waals surface area contributed by atoms with Gasteiger partial charge in [-0.25, -0.2) is 14.2 Å². The molecule has 1 amide bonds. The minimum absolute atomic E-state index is 0.0737. The average Bonchev–Trinajstić information content (AvgIpc) is 3.11. The van der Waals surface area contributed by atoms with Crippen LogP contribution in [0.15, 0.2) is 42.6 Å². The number of ether oxygens (including phenoxy) is 2. The number of carbonyl (C=O) groups is 2. The number of pyridine rings is 1. The smallest absolute Gasteiger partial charge is 0.335 e. The topological polar surface area (TPSA) is 93.9 Å². The summed E-state index contributed by atoms with van der Waals surface area (Å²) in [4.78, 5) is 30.2. The van der Waals surface area contributed by atoms with Crippen molar-refractivity contribution in [3.63, 3.8) is 0 Å². The van der Waals surface area contributed by atoms with Crippen LogP contribution < -0.4 is 0 Å². The predicted molar refractivity (Wildman–Crippen MR) is 123 cm³/mol. The fourth-order valence-electron chi connectivity index (χ4n) is 4.13. The molecule has 0 spiro atoms. The summed E-state index contributed by atoms with van der Waals surface area (Å²) < 4.78 is 26.6. The molecule has 0 bridgehead atoms. The highest BCUT2D eigenvalue weighted by Crippen LogP contribution is 2.30. The van der Waals surface area contributed by atoms with Crippen molar-refractivity contribution in [2.45, 2.75) is 39.0 Å². The van der Waals surface area contributed by atoms with Crippen molar-refractivity contribution in [3.8, 4) is 0 Å². The van der Waals surface area contributed by atoms with Crippen LogP contribution in [-0.2, 0) is 38.6 Å². The molecule has 0 unspecified atom stereocenters. The lowest BCUT2D eigenvalue weighted by molar-refractivity contribution is -0.163. The fraction of sp³-hybridized carbons (Fsp3) is 0.400. The maximum absolute atomic E-state index is 13.8. The Morgan fingerprint density at radius 1 is 1.21 bits per heavy atom. The van der Waals surface area contributed by atoms with Crippen molar-refractivity contribution in [1.82, 2.24) is 14.5 Å². The maximum atomic E-state index is 13.8. The Hall–Kier alpha value is -3.30. The van der Waals surface area contributed by atoms with E-state index in [4.69, 9.17) is 14.6 Å². The molecule has 1 aliphatic rings. The quantitative estimate of drug-likeness (QED) is 0.484. The lowest BCUT2D eigenvalue weighted by Gasteiger charge is -2.28. The third kappa shape index (κ3) is 5.10. The number of carboxylic acids is 1. The molecular formula is C25H28FN3O5. The Morgan fingerprint density at radius 3 is 2.79 bits per heavy atom. The first-order valence-corrected chi connectivity index (χ1v) is 11.2. The molecule has 34 heavy (non-hydrogen) atoms. The largest absolute Gasteiger partial charge is 0.479 e. The van der Waals surface area contributed by atoms with E-state index in [1.807, 2.05) is 18.2 Å². The highest BCUT2D eigenvalue weighted by molar-refractivity contribution is 5.84. The van der Waals surface area contributed by atoms with Crippen LogP contribution in [0.1, 0.15) is 30.7 Å². The van der Waals surface area contributed by atoms with Gasteiger partial charge in [0.15, 0.2) is 5.60 Å². The van der Waals surface area contributed by atoms with Crippen LogP contribution in [-0.4, -0.2) is 63.4 Å². The van der Waals surface area contributed by atoms with Crippen molar-refractivity contribution in [2.24, 2.45) is 0 Å². The molecule has 3 heterocycles. The van der Waals surface area contributed by atoms with Gasteiger partial charge in [0.2, 0.25) is 5.91 Å². The molecule has 1 aliphatic heterocycles. The summed E-state index contributed by atoms with van der Waals surface area (Å²) in [5.41, 5.74) is 2.49. The van der Waals surface area contributed by atoms with Crippen LogP contribution in [0.25, 0.3) is 11.0 Å². The second kappa shape index (κ2) is 9.90. The molecule has 0 saturated heterocycles. The third-order valence-corrected chi connectivity index (χ3v) is 6.03. The van der Waals surface area contributed by atoms with Gasteiger partial charge in [-0.15, -0.1) is 0 Å². The van der Waals surface area contributed by atoms with Crippen LogP contribution in [0, 0.1) is 5.82 Å². The minimum atomic E-state index is -1.31. The average molecular weight is 470 g/mol. The zero-order chi connectivity index (χ0) is 24.3. The summed E-state index contributed by atoms with van der Waals surface area (Å²) in [7, 11) is 0. The Morgan fingerprint density at radius 2 is 2.03 bits per heavy atom. The van der Waals surface area contributed by atoms with Gasteiger partial charge in [0, 0.05) is 30.4 Å². The standard InChI is InChI=1S/C25H28FN3O5/c1-25(2,24(31)32)34-12-11-33-16-22(30)28-10-8-19-20-7-4-9-27-23(20)29(21(19)15-28)14-17-5-3-6-18(26)13-17/h3-7,9,13H,8,10-12,14-16H2,1-2H3,(H,31,32). The van der Waals surface area contributed by atoms with E-state index in [2.05, 4.69) is 9.55 Å². The van der Waals surface area contributed by atoms with Gasteiger partial charge in [-0.2, -0.15) is 0 Å². The van der Waals surface area contributed by atoms with Gasteiger partial charge in [0.25, 0.3) is 0 Å². The lowest BCUT2D eigenvalue weighted by atomic mass is 10.0. The van der Waals surface area contributed by atoms with E-state index in [1.54, 1.807) is 17.2 Å². The molecule has 180 valence electrons. The number of carbonyl (C=O) groups excluding carboxylic acids is 1. The number of halogens is 1. The van der Waals surface area contributed by atoms with Crippen molar-refractivity contribution >= 4 is 22.9 Å². The van der Waals surface area contributed by atoms with E-state index in [1.165, 1.54) is 26.0 Å². The van der Waals surface area contributed by atoms with Crippen LogP contribution in [0.5, 0.6) is 0 Å². The lowest BCUT2D eigenvalue weighted by Crippen LogP contribution is -2.39. The van der Waals surface area contributed by atoms with Crippen LogP contribution >= 0.6 is 0 Å². The summed E-state index contributed by atoms with van der Waals surface area (Å²) in [6.45, 7) is 4.42. The summed E-state index contributed by atoms with van der Waals surface area (Å²) in [6, 6.07) is 10.4. The van der Waals surface area contributed by atoms with Crippen LogP contribution in [0.4, 0.5) is 4.39 Å². The monoisotopic (exact) mass is 469 g/mol. The zero-order valence-electron chi connectivity index (χ0n) is 19.3. The second-order valence-electron chi connectivity index (χ2n) is 8.80. The summed E-state index contributed by atoms with van der Waals surface area (Å²) >= 11 is 0. The van der Waals surface area contributed by atoms with Gasteiger partial charge in [-0.1, -0.05) is 12.1 Å². The number of hydrogen-bond donors (Lipinski definition) is 1. The van der Waals surface area contributed by atoms with E-state index in [0.29, 0.717) is 26.1 Å². The first-order chi connectivity index (χ1) is 16.3. The van der Waals surface area contributed by atoms with Crippen molar-refractivity contribution in [2.75, 3.05) is 26.4 Å². The number of rotatable bonds is 9. The van der Waals surface area contributed by atoms with E-state index in [-0.39, 0.29) is 31.5 Å². The number of aliphatic carboxylic acids is 1. The maximum Gasteiger partial charge on any atom is 0.335 e. The Bertz CT molecular complexity index is 1210. The number of benzene rings is 1. The van der Waals surface area contributed by atoms with Crippen LogP contribution in [0.2, 0.25) is 0 Å². The molecule has 8 nitrogen and oxygen atoms in total. The minimum Gasteiger partial charge on any atom is -0.479 e. The van der Waals surface area contributed by atoms with Crippen molar-refractivity contribution in [1.29, 1.82) is 0 Å². The Kier molecular flexibility index (Phi) is 6.95. The van der Waals surface area contributed by atoms with Gasteiger partial charge >= 0.3 is 5.97 Å². The molecule has 0 fully saturated rings. The second-order valence-corrected chi connectivity index (χ2v) is 8.80. The van der Waals surface area contributed by atoms with Gasteiger partial charge in [0.1, 0.15) is 18.1 Å².